The van der Waals surface area contributed by atoms with Crippen LogP contribution in [0.5, 0.6) is 0 Å². The first-order chi connectivity index (χ1) is 12.3. The molecule has 0 heterocycles. The molecule has 6 nitrogen and oxygen atoms in total. The predicted octanol–water partition coefficient (Wildman–Crippen LogP) is 3.49. The lowest BCUT2D eigenvalue weighted by Gasteiger charge is -2.07. The molecule has 0 rings (SSSR count). The third kappa shape index (κ3) is 20.8. The van der Waals surface area contributed by atoms with Crippen molar-refractivity contribution in [2.45, 2.75) is 51.9 Å². The first kappa shape index (κ1) is 23.9. The summed E-state index contributed by atoms with van der Waals surface area (Å²) >= 11 is 0. The van der Waals surface area contributed by atoms with Crippen molar-refractivity contribution in [2.24, 2.45) is 0 Å². The van der Waals surface area contributed by atoms with E-state index in [0.717, 1.165) is 12.8 Å². The molecule has 0 amide bonds. The third-order valence-electron chi connectivity index (χ3n) is 3.43. The number of hydrogen-bond acceptors (Lipinski definition) is 6. The molecule has 0 aromatic carbocycles. The average Bonchev–Trinajstić information content (AvgIpc) is 2.62. The molecular weight excluding hydrogens is 324 g/mol. The Morgan fingerprint density at radius 1 is 0.760 bits per heavy atom. The van der Waals surface area contributed by atoms with E-state index in [0.29, 0.717) is 59.3 Å². The highest BCUT2D eigenvalue weighted by Crippen LogP contribution is 2.07. The van der Waals surface area contributed by atoms with Crippen LogP contribution in [0.3, 0.4) is 0 Å². The molecule has 6 heteroatoms. The maximum absolute atomic E-state index is 11.5. The summed E-state index contributed by atoms with van der Waals surface area (Å²) in [6, 6.07) is 0. The fourth-order valence-electron chi connectivity index (χ4n) is 2.07. The van der Waals surface area contributed by atoms with Gasteiger partial charge in [0.1, 0.15) is 13.2 Å². The number of carbonyl (C=O) groups excluding carboxylic acids is 1. The molecule has 0 saturated heterocycles. The Labute approximate surface area is 152 Å². The molecule has 0 aliphatic rings. The lowest BCUT2D eigenvalue weighted by molar-refractivity contribution is -0.145. The molecule has 0 fully saturated rings. The van der Waals surface area contributed by atoms with Crippen LogP contribution in [0.4, 0.5) is 0 Å². The molecular formula is C19H36O6. The van der Waals surface area contributed by atoms with Gasteiger partial charge >= 0.3 is 5.97 Å². The largest absolute Gasteiger partial charge is 0.499 e. The minimum absolute atomic E-state index is 0.132. The van der Waals surface area contributed by atoms with Gasteiger partial charge in [0.25, 0.3) is 0 Å². The fourth-order valence-corrected chi connectivity index (χ4v) is 2.07. The van der Waals surface area contributed by atoms with E-state index < -0.39 is 0 Å². The minimum atomic E-state index is -0.132. The lowest BCUT2D eigenvalue weighted by Crippen LogP contribution is -2.14. The maximum Gasteiger partial charge on any atom is 0.305 e. The Hall–Kier alpha value is -1.11. The van der Waals surface area contributed by atoms with Gasteiger partial charge in [-0.25, -0.2) is 0 Å². The van der Waals surface area contributed by atoms with E-state index in [9.17, 15) is 4.79 Å². The lowest BCUT2D eigenvalue weighted by atomic mass is 10.1. The zero-order valence-electron chi connectivity index (χ0n) is 15.8. The zero-order valence-corrected chi connectivity index (χ0v) is 15.8. The van der Waals surface area contributed by atoms with Crippen LogP contribution in [-0.4, -0.2) is 58.8 Å². The second-order valence-electron chi connectivity index (χ2n) is 5.61. The standard InChI is InChI=1S/C19H36O6/c1-3-5-6-7-8-9-10-19(20)25-18-17-24-16-15-23-14-13-22-12-11-21-4-2/h4H,2-3,5-18H2,1H3. The Morgan fingerprint density at radius 2 is 1.28 bits per heavy atom. The number of ether oxygens (including phenoxy) is 5. The Bertz CT molecular complexity index is 296. The first-order valence-corrected chi connectivity index (χ1v) is 9.42. The normalized spacial score (nSPS) is 10.6. The van der Waals surface area contributed by atoms with Crippen LogP contribution in [0.1, 0.15) is 51.9 Å². The minimum Gasteiger partial charge on any atom is -0.499 e. The third-order valence-corrected chi connectivity index (χ3v) is 3.43. The van der Waals surface area contributed by atoms with Crippen LogP contribution < -0.4 is 0 Å². The Kier molecular flexibility index (Phi) is 20.0. The Morgan fingerprint density at radius 3 is 1.88 bits per heavy atom. The van der Waals surface area contributed by atoms with Gasteiger partial charge in [-0.1, -0.05) is 45.6 Å². The Balaban J connectivity index is 3.12. The van der Waals surface area contributed by atoms with Gasteiger partial charge in [-0.3, -0.25) is 4.79 Å². The molecule has 0 atom stereocenters. The van der Waals surface area contributed by atoms with Gasteiger partial charge in [-0.05, 0) is 6.42 Å². The van der Waals surface area contributed by atoms with Crippen molar-refractivity contribution in [3.05, 3.63) is 12.8 Å². The number of unbranched alkanes of at least 4 members (excludes halogenated alkanes) is 5. The first-order valence-electron chi connectivity index (χ1n) is 9.42. The summed E-state index contributed by atoms with van der Waals surface area (Å²) in [5, 5.41) is 0. The molecule has 0 unspecified atom stereocenters. The number of rotatable bonds is 20. The molecule has 0 N–H and O–H groups in total. The maximum atomic E-state index is 11.5. The summed E-state index contributed by atoms with van der Waals surface area (Å²) in [6.07, 6.45) is 8.91. The number of carbonyl (C=O) groups is 1. The molecule has 0 aromatic rings. The quantitative estimate of drug-likeness (QED) is 0.188. The predicted molar refractivity (Wildman–Crippen MR) is 97.6 cm³/mol. The van der Waals surface area contributed by atoms with Gasteiger partial charge in [-0.2, -0.15) is 0 Å². The van der Waals surface area contributed by atoms with Gasteiger partial charge in [0, 0.05) is 6.42 Å². The molecule has 0 aromatic heterocycles. The van der Waals surface area contributed by atoms with Crippen LogP contribution in [-0.2, 0) is 28.5 Å². The number of hydrogen-bond donors (Lipinski definition) is 0. The SMILES string of the molecule is C=COCCOCCOCCOCCOC(=O)CCCCCCCC. The highest BCUT2D eigenvalue weighted by Gasteiger charge is 2.02. The molecule has 0 aliphatic carbocycles. The number of esters is 1. The van der Waals surface area contributed by atoms with E-state index in [1.807, 2.05) is 0 Å². The van der Waals surface area contributed by atoms with Crippen LogP contribution >= 0.6 is 0 Å². The second kappa shape index (κ2) is 20.9. The van der Waals surface area contributed by atoms with Crippen molar-refractivity contribution < 1.29 is 28.5 Å². The van der Waals surface area contributed by atoms with Gasteiger partial charge in [0.2, 0.25) is 0 Å². The topological polar surface area (TPSA) is 63.2 Å². The monoisotopic (exact) mass is 360 g/mol. The van der Waals surface area contributed by atoms with Crippen LogP contribution in [0.15, 0.2) is 12.8 Å². The second-order valence-corrected chi connectivity index (χ2v) is 5.61. The molecule has 25 heavy (non-hydrogen) atoms. The summed E-state index contributed by atoms with van der Waals surface area (Å²) in [6.45, 7) is 9.40. The zero-order chi connectivity index (χ0) is 18.4. The highest BCUT2D eigenvalue weighted by molar-refractivity contribution is 5.69. The summed E-state index contributed by atoms with van der Waals surface area (Å²) in [4.78, 5) is 11.5. The summed E-state index contributed by atoms with van der Waals surface area (Å²) in [5.41, 5.74) is 0. The molecule has 0 radical (unpaired) electrons. The van der Waals surface area contributed by atoms with E-state index in [2.05, 4.69) is 13.5 Å². The van der Waals surface area contributed by atoms with E-state index in [4.69, 9.17) is 23.7 Å². The van der Waals surface area contributed by atoms with Crippen molar-refractivity contribution in [1.29, 1.82) is 0 Å². The van der Waals surface area contributed by atoms with Crippen molar-refractivity contribution in [3.63, 3.8) is 0 Å². The van der Waals surface area contributed by atoms with Gasteiger partial charge in [-0.15, -0.1) is 0 Å². The van der Waals surface area contributed by atoms with Gasteiger partial charge in [0.05, 0.1) is 45.9 Å². The average molecular weight is 360 g/mol. The summed E-state index contributed by atoms with van der Waals surface area (Å²) < 4.78 is 26.0. The van der Waals surface area contributed by atoms with Crippen molar-refractivity contribution in [2.75, 3.05) is 52.9 Å². The van der Waals surface area contributed by atoms with E-state index in [1.54, 1.807) is 0 Å². The van der Waals surface area contributed by atoms with Crippen molar-refractivity contribution >= 4 is 5.97 Å². The highest BCUT2D eigenvalue weighted by atomic mass is 16.6. The summed E-state index contributed by atoms with van der Waals surface area (Å²) in [7, 11) is 0. The fraction of sp³-hybridized carbons (Fsp3) is 0.842. The van der Waals surface area contributed by atoms with Crippen molar-refractivity contribution in [3.8, 4) is 0 Å². The van der Waals surface area contributed by atoms with Crippen molar-refractivity contribution in [1.82, 2.24) is 0 Å². The smallest absolute Gasteiger partial charge is 0.305 e. The molecule has 148 valence electrons. The van der Waals surface area contributed by atoms with Crippen LogP contribution in [0, 0.1) is 0 Å². The van der Waals surface area contributed by atoms with Crippen LogP contribution in [0.25, 0.3) is 0 Å². The molecule has 0 bridgehead atoms. The molecule has 0 saturated carbocycles. The molecule has 0 spiro atoms. The van der Waals surface area contributed by atoms with Crippen LogP contribution in [0.2, 0.25) is 0 Å². The van der Waals surface area contributed by atoms with E-state index >= 15 is 0 Å². The molecule has 0 aliphatic heterocycles. The van der Waals surface area contributed by atoms with E-state index in [-0.39, 0.29) is 5.97 Å². The van der Waals surface area contributed by atoms with Gasteiger partial charge < -0.3 is 23.7 Å². The summed E-state index contributed by atoms with van der Waals surface area (Å²) in [5.74, 6) is -0.132. The van der Waals surface area contributed by atoms with Gasteiger partial charge in [0.15, 0.2) is 0 Å². The van der Waals surface area contributed by atoms with E-state index in [1.165, 1.54) is 31.9 Å².